The summed E-state index contributed by atoms with van der Waals surface area (Å²) in [7, 11) is -1.73. The predicted molar refractivity (Wildman–Crippen MR) is 62.9 cm³/mol. The van der Waals surface area contributed by atoms with Crippen molar-refractivity contribution in [2.45, 2.75) is 13.3 Å². The smallest absolute Gasteiger partial charge is 0.200 e. The molecule has 1 fully saturated rings. The number of hydrogen-bond donors (Lipinski definition) is 0. The standard InChI is InChI=1S/C9H20O4P2/c1-5-9(8-15(4,10)11-2)6-12-14(3)13-7-9/h5-8H2,1-4H3. The van der Waals surface area contributed by atoms with Crippen LogP contribution in [-0.2, 0) is 18.1 Å². The minimum atomic E-state index is -2.50. The minimum absolute atomic E-state index is 0.130. The quantitative estimate of drug-likeness (QED) is 0.723. The zero-order valence-electron chi connectivity index (χ0n) is 9.86. The molecule has 90 valence electrons. The van der Waals surface area contributed by atoms with E-state index in [1.54, 1.807) is 6.66 Å². The first-order valence-corrected chi connectivity index (χ1v) is 8.93. The Kier molecular flexibility index (Phi) is 4.76. The summed E-state index contributed by atoms with van der Waals surface area (Å²) in [6, 6.07) is 0. The highest BCUT2D eigenvalue weighted by Gasteiger charge is 2.39. The molecule has 15 heavy (non-hydrogen) atoms. The van der Waals surface area contributed by atoms with Gasteiger partial charge in [-0.15, -0.1) is 0 Å². The Labute approximate surface area is 93.0 Å². The van der Waals surface area contributed by atoms with E-state index in [0.717, 1.165) is 6.42 Å². The van der Waals surface area contributed by atoms with Gasteiger partial charge in [-0.1, -0.05) is 6.92 Å². The van der Waals surface area contributed by atoms with Crippen molar-refractivity contribution >= 4 is 15.7 Å². The van der Waals surface area contributed by atoms with Crippen LogP contribution in [0.15, 0.2) is 0 Å². The van der Waals surface area contributed by atoms with Crippen molar-refractivity contribution in [1.82, 2.24) is 0 Å². The zero-order valence-corrected chi connectivity index (χ0v) is 11.6. The zero-order chi connectivity index (χ0) is 11.5. The molecule has 1 saturated heterocycles. The highest BCUT2D eigenvalue weighted by molar-refractivity contribution is 7.58. The normalized spacial score (nSPS) is 36.1. The lowest BCUT2D eigenvalue weighted by molar-refractivity contribution is 0.0474. The molecule has 6 heteroatoms. The Morgan fingerprint density at radius 2 is 2.00 bits per heavy atom. The van der Waals surface area contributed by atoms with Crippen LogP contribution >= 0.6 is 15.7 Å². The van der Waals surface area contributed by atoms with Crippen LogP contribution < -0.4 is 0 Å². The average Bonchev–Trinajstić information content (AvgIpc) is 2.22. The topological polar surface area (TPSA) is 44.8 Å². The second-order valence-corrected chi connectivity index (χ2v) is 8.30. The first kappa shape index (κ1) is 13.6. The number of rotatable bonds is 4. The van der Waals surface area contributed by atoms with E-state index in [9.17, 15) is 4.57 Å². The molecule has 0 N–H and O–H groups in total. The van der Waals surface area contributed by atoms with E-state index in [-0.39, 0.29) is 5.41 Å². The molecule has 1 atom stereocenters. The molecule has 1 unspecified atom stereocenters. The molecule has 0 aliphatic carbocycles. The molecule has 1 aliphatic rings. The van der Waals surface area contributed by atoms with E-state index in [1.807, 2.05) is 6.66 Å². The summed E-state index contributed by atoms with van der Waals surface area (Å²) in [5.41, 5.74) is -0.130. The van der Waals surface area contributed by atoms with Gasteiger partial charge in [-0.25, -0.2) is 0 Å². The number of hydrogen-bond acceptors (Lipinski definition) is 4. The summed E-state index contributed by atoms with van der Waals surface area (Å²) in [4.78, 5) is 0. The third kappa shape index (κ3) is 3.80. The maximum Gasteiger partial charge on any atom is 0.200 e. The van der Waals surface area contributed by atoms with E-state index in [1.165, 1.54) is 7.11 Å². The van der Waals surface area contributed by atoms with Crippen LogP contribution in [0.5, 0.6) is 0 Å². The lowest BCUT2D eigenvalue weighted by Gasteiger charge is -2.38. The van der Waals surface area contributed by atoms with E-state index >= 15 is 0 Å². The summed E-state index contributed by atoms with van der Waals surface area (Å²) in [5.74, 6) is 0. The molecule has 0 saturated carbocycles. The van der Waals surface area contributed by atoms with Crippen LogP contribution in [0.2, 0.25) is 0 Å². The largest absolute Gasteiger partial charge is 0.334 e. The van der Waals surface area contributed by atoms with Crippen molar-refractivity contribution in [2.24, 2.45) is 5.41 Å². The molecular weight excluding hydrogens is 234 g/mol. The molecule has 0 aromatic heterocycles. The summed E-state index contributed by atoms with van der Waals surface area (Å²) >= 11 is 0. The maximum atomic E-state index is 12.0. The Morgan fingerprint density at radius 1 is 1.47 bits per heavy atom. The molecule has 0 amide bonds. The van der Waals surface area contributed by atoms with Gasteiger partial charge in [0.05, 0.1) is 13.2 Å². The van der Waals surface area contributed by atoms with Crippen molar-refractivity contribution in [3.8, 4) is 0 Å². The van der Waals surface area contributed by atoms with E-state index < -0.39 is 15.7 Å². The SMILES string of the molecule is CCC1(CP(C)(=O)OC)COP(C)OC1. The fourth-order valence-electron chi connectivity index (χ4n) is 1.62. The van der Waals surface area contributed by atoms with Gasteiger partial charge in [0.1, 0.15) is 0 Å². The molecule has 0 bridgehead atoms. The molecule has 1 aliphatic heterocycles. The van der Waals surface area contributed by atoms with Crippen LogP contribution in [0.4, 0.5) is 0 Å². The van der Waals surface area contributed by atoms with Gasteiger partial charge in [0.15, 0.2) is 8.38 Å². The third-order valence-corrected chi connectivity index (χ3v) is 5.87. The molecule has 4 nitrogen and oxygen atoms in total. The fourth-order valence-corrected chi connectivity index (χ4v) is 4.36. The van der Waals surface area contributed by atoms with E-state index in [4.69, 9.17) is 13.6 Å². The summed E-state index contributed by atoms with van der Waals surface area (Å²) < 4.78 is 28.1. The maximum absolute atomic E-state index is 12.0. The van der Waals surface area contributed by atoms with Gasteiger partial charge in [0, 0.05) is 32.0 Å². The van der Waals surface area contributed by atoms with Crippen molar-refractivity contribution in [3.05, 3.63) is 0 Å². The van der Waals surface area contributed by atoms with Crippen molar-refractivity contribution in [1.29, 1.82) is 0 Å². The van der Waals surface area contributed by atoms with Crippen LogP contribution in [0.3, 0.4) is 0 Å². The van der Waals surface area contributed by atoms with Crippen molar-refractivity contribution in [2.75, 3.05) is 39.8 Å². The highest BCUT2D eigenvalue weighted by atomic mass is 31.2. The van der Waals surface area contributed by atoms with Gasteiger partial charge in [-0.3, -0.25) is 4.57 Å². The van der Waals surface area contributed by atoms with E-state index in [2.05, 4.69) is 6.92 Å². The van der Waals surface area contributed by atoms with Crippen LogP contribution in [0.25, 0.3) is 0 Å². The van der Waals surface area contributed by atoms with Gasteiger partial charge in [0.2, 0.25) is 7.37 Å². The molecule has 1 rings (SSSR count). The summed E-state index contributed by atoms with van der Waals surface area (Å²) in [6.45, 7) is 6.95. The van der Waals surface area contributed by atoms with E-state index in [0.29, 0.717) is 19.4 Å². The summed E-state index contributed by atoms with van der Waals surface area (Å²) in [6.07, 6.45) is 1.44. The van der Waals surface area contributed by atoms with Crippen LogP contribution in [0, 0.1) is 5.41 Å². The second-order valence-electron chi connectivity index (χ2n) is 4.19. The van der Waals surface area contributed by atoms with Crippen molar-refractivity contribution in [3.63, 3.8) is 0 Å². The Morgan fingerprint density at radius 3 is 2.40 bits per heavy atom. The predicted octanol–water partition coefficient (Wildman–Crippen LogP) is 2.93. The fraction of sp³-hybridized carbons (Fsp3) is 1.00. The van der Waals surface area contributed by atoms with Crippen LogP contribution in [-0.4, -0.2) is 39.8 Å². The first-order valence-electron chi connectivity index (χ1n) is 5.05. The average molecular weight is 254 g/mol. The van der Waals surface area contributed by atoms with Crippen molar-refractivity contribution < 1.29 is 18.1 Å². The highest BCUT2D eigenvalue weighted by Crippen LogP contribution is 2.52. The Hall–Kier alpha value is 0.540. The molecule has 0 aromatic carbocycles. The minimum Gasteiger partial charge on any atom is -0.334 e. The van der Waals surface area contributed by atoms with Crippen LogP contribution in [0.1, 0.15) is 13.3 Å². The molecule has 0 aromatic rings. The Bertz CT molecular complexity index is 248. The molecule has 0 radical (unpaired) electrons. The lowest BCUT2D eigenvalue weighted by atomic mass is 9.90. The lowest BCUT2D eigenvalue weighted by Crippen LogP contribution is -2.37. The second kappa shape index (κ2) is 5.25. The summed E-state index contributed by atoms with van der Waals surface area (Å²) in [5, 5.41) is 0. The van der Waals surface area contributed by atoms with Gasteiger partial charge in [0.25, 0.3) is 0 Å². The first-order chi connectivity index (χ1) is 6.93. The monoisotopic (exact) mass is 254 g/mol. The van der Waals surface area contributed by atoms with Gasteiger partial charge in [-0.05, 0) is 6.42 Å². The van der Waals surface area contributed by atoms with Gasteiger partial charge < -0.3 is 13.6 Å². The van der Waals surface area contributed by atoms with Gasteiger partial charge in [-0.2, -0.15) is 0 Å². The Balaban J connectivity index is 2.66. The molecule has 1 heterocycles. The van der Waals surface area contributed by atoms with Gasteiger partial charge >= 0.3 is 0 Å². The molecule has 0 spiro atoms. The molecular formula is C9H20O4P2. The third-order valence-electron chi connectivity index (χ3n) is 2.86.